The van der Waals surface area contributed by atoms with Gasteiger partial charge in [0, 0.05) is 37.9 Å². The van der Waals surface area contributed by atoms with Crippen molar-refractivity contribution in [1.82, 2.24) is 14.9 Å². The number of nitrogens with zero attached hydrogens (tertiary/aromatic N) is 4. The lowest BCUT2D eigenvalue weighted by Crippen LogP contribution is -2.27. The molecule has 1 aromatic heterocycles. The smallest absolute Gasteiger partial charge is 0.227 e. The van der Waals surface area contributed by atoms with Gasteiger partial charge in [0.25, 0.3) is 0 Å². The van der Waals surface area contributed by atoms with Gasteiger partial charge in [0.05, 0.1) is 7.11 Å². The lowest BCUT2D eigenvalue weighted by atomic mass is 10.1. The maximum Gasteiger partial charge on any atom is 0.227 e. The maximum atomic E-state index is 5.28. The molecule has 0 bridgehead atoms. The fourth-order valence-corrected chi connectivity index (χ4v) is 3.31. The summed E-state index contributed by atoms with van der Waals surface area (Å²) in [6.45, 7) is 3.87. The van der Waals surface area contributed by atoms with Gasteiger partial charge in [-0.1, -0.05) is 25.0 Å². The number of nitrogens with one attached hydrogen (secondary N) is 1. The Morgan fingerprint density at radius 2 is 1.78 bits per heavy atom. The summed E-state index contributed by atoms with van der Waals surface area (Å²) in [4.78, 5) is 14.1. The predicted octanol–water partition coefficient (Wildman–Crippen LogP) is 3.51. The van der Waals surface area contributed by atoms with Crippen LogP contribution in [0.3, 0.4) is 0 Å². The second kappa shape index (κ2) is 9.55. The van der Waals surface area contributed by atoms with Crippen LogP contribution in [0.15, 0.2) is 30.5 Å². The van der Waals surface area contributed by atoms with Gasteiger partial charge in [-0.2, -0.15) is 4.98 Å². The van der Waals surface area contributed by atoms with E-state index in [0.29, 0.717) is 0 Å². The van der Waals surface area contributed by atoms with Gasteiger partial charge in [0.15, 0.2) is 0 Å². The fraction of sp³-hybridized carbons (Fsp3) is 0.524. The number of rotatable bonds is 7. The SMILES string of the molecule is COc1ccc(-c2cnc(N3CCCCCC3)nc2NCCN(C)C)cc1. The van der Waals surface area contributed by atoms with Crippen LogP contribution in [-0.4, -0.2) is 62.3 Å². The van der Waals surface area contributed by atoms with Crippen LogP contribution in [0.5, 0.6) is 5.75 Å². The number of aromatic nitrogens is 2. The topological polar surface area (TPSA) is 53.5 Å². The van der Waals surface area contributed by atoms with E-state index >= 15 is 0 Å². The first kappa shape index (κ1) is 19.4. The van der Waals surface area contributed by atoms with Crippen LogP contribution in [0.1, 0.15) is 25.7 Å². The highest BCUT2D eigenvalue weighted by atomic mass is 16.5. The van der Waals surface area contributed by atoms with Gasteiger partial charge >= 0.3 is 0 Å². The summed E-state index contributed by atoms with van der Waals surface area (Å²) in [6, 6.07) is 8.06. The molecule has 0 radical (unpaired) electrons. The molecular formula is C21H31N5O. The van der Waals surface area contributed by atoms with Crippen LogP contribution in [0.25, 0.3) is 11.1 Å². The maximum absolute atomic E-state index is 5.28. The number of hydrogen-bond donors (Lipinski definition) is 1. The van der Waals surface area contributed by atoms with Gasteiger partial charge in [0.1, 0.15) is 11.6 Å². The summed E-state index contributed by atoms with van der Waals surface area (Å²) in [6.07, 6.45) is 6.98. The van der Waals surface area contributed by atoms with E-state index in [9.17, 15) is 0 Å². The molecule has 1 aromatic carbocycles. The van der Waals surface area contributed by atoms with Gasteiger partial charge < -0.3 is 19.9 Å². The van der Waals surface area contributed by atoms with Crippen LogP contribution in [0, 0.1) is 0 Å². The highest BCUT2D eigenvalue weighted by Crippen LogP contribution is 2.29. The molecule has 1 aliphatic heterocycles. The Kier molecular flexibility index (Phi) is 6.87. The van der Waals surface area contributed by atoms with E-state index in [2.05, 4.69) is 41.3 Å². The Morgan fingerprint density at radius 3 is 2.41 bits per heavy atom. The Labute approximate surface area is 162 Å². The molecule has 1 saturated heterocycles. The van der Waals surface area contributed by atoms with E-state index in [1.807, 2.05) is 18.3 Å². The summed E-state index contributed by atoms with van der Waals surface area (Å²) in [5, 5.41) is 3.52. The van der Waals surface area contributed by atoms with Gasteiger partial charge in [-0.15, -0.1) is 0 Å². The first-order chi connectivity index (χ1) is 13.2. The number of anilines is 2. The second-order valence-corrected chi connectivity index (χ2v) is 7.29. The molecule has 0 unspecified atom stereocenters. The molecule has 2 aromatic rings. The third-order valence-electron chi connectivity index (χ3n) is 4.92. The highest BCUT2D eigenvalue weighted by Gasteiger charge is 2.16. The Balaban J connectivity index is 1.87. The molecule has 0 aliphatic carbocycles. The van der Waals surface area contributed by atoms with Gasteiger partial charge in [-0.25, -0.2) is 4.98 Å². The van der Waals surface area contributed by atoms with Crippen molar-refractivity contribution in [2.24, 2.45) is 0 Å². The van der Waals surface area contributed by atoms with Crippen LogP contribution in [0.4, 0.5) is 11.8 Å². The normalized spacial score (nSPS) is 14.9. The standard InChI is InChI=1S/C21H31N5O/c1-25(2)15-12-22-20-19(17-8-10-18(27-3)11-9-17)16-23-21(24-20)26-13-6-4-5-7-14-26/h8-11,16H,4-7,12-15H2,1-3H3,(H,22,23,24). The quantitative estimate of drug-likeness (QED) is 0.806. The van der Waals surface area contributed by atoms with Crippen molar-refractivity contribution in [2.75, 3.05) is 57.6 Å². The van der Waals surface area contributed by atoms with Crippen molar-refractivity contribution < 1.29 is 4.74 Å². The molecule has 0 spiro atoms. The molecule has 6 heteroatoms. The van der Waals surface area contributed by atoms with Gasteiger partial charge in [-0.3, -0.25) is 0 Å². The van der Waals surface area contributed by atoms with Crippen molar-refractivity contribution in [3.63, 3.8) is 0 Å². The van der Waals surface area contributed by atoms with Crippen molar-refractivity contribution in [3.8, 4) is 16.9 Å². The molecule has 146 valence electrons. The molecule has 0 saturated carbocycles. The van der Waals surface area contributed by atoms with Crippen molar-refractivity contribution >= 4 is 11.8 Å². The van der Waals surface area contributed by atoms with Gasteiger partial charge in [0.2, 0.25) is 5.95 Å². The van der Waals surface area contributed by atoms with Crippen LogP contribution >= 0.6 is 0 Å². The average Bonchev–Trinajstić information content (AvgIpc) is 2.97. The van der Waals surface area contributed by atoms with Crippen molar-refractivity contribution in [2.45, 2.75) is 25.7 Å². The highest BCUT2D eigenvalue weighted by molar-refractivity contribution is 5.75. The molecular weight excluding hydrogens is 338 g/mol. The number of benzene rings is 1. The number of likely N-dealkylation sites (N-methyl/N-ethyl adjacent to an activating group) is 1. The van der Waals surface area contributed by atoms with Gasteiger partial charge in [-0.05, 0) is 44.6 Å². The number of methoxy groups -OCH3 is 1. The van der Waals surface area contributed by atoms with E-state index in [-0.39, 0.29) is 0 Å². The summed E-state index contributed by atoms with van der Waals surface area (Å²) < 4.78 is 5.28. The Morgan fingerprint density at radius 1 is 1.07 bits per heavy atom. The zero-order valence-corrected chi connectivity index (χ0v) is 16.7. The summed E-state index contributed by atoms with van der Waals surface area (Å²) >= 11 is 0. The molecule has 6 nitrogen and oxygen atoms in total. The van der Waals surface area contributed by atoms with Crippen molar-refractivity contribution in [1.29, 1.82) is 0 Å². The summed E-state index contributed by atoms with van der Waals surface area (Å²) in [7, 11) is 5.84. The minimum atomic E-state index is 0.835. The zero-order chi connectivity index (χ0) is 19.1. The van der Waals surface area contributed by atoms with E-state index in [0.717, 1.165) is 54.8 Å². The van der Waals surface area contributed by atoms with Crippen molar-refractivity contribution in [3.05, 3.63) is 30.5 Å². The monoisotopic (exact) mass is 369 g/mol. The molecule has 0 amide bonds. The zero-order valence-electron chi connectivity index (χ0n) is 16.7. The van der Waals surface area contributed by atoms with E-state index < -0.39 is 0 Å². The molecule has 3 rings (SSSR count). The minimum absolute atomic E-state index is 0.835. The van der Waals surface area contributed by atoms with E-state index in [1.165, 1.54) is 25.7 Å². The first-order valence-corrected chi connectivity index (χ1v) is 9.82. The lowest BCUT2D eigenvalue weighted by Gasteiger charge is -2.22. The molecule has 2 heterocycles. The number of ether oxygens (including phenoxy) is 1. The third-order valence-corrected chi connectivity index (χ3v) is 4.92. The lowest BCUT2D eigenvalue weighted by molar-refractivity contribution is 0.415. The average molecular weight is 370 g/mol. The summed E-state index contributed by atoms with van der Waals surface area (Å²) in [5.41, 5.74) is 2.11. The Hall–Kier alpha value is -2.34. The van der Waals surface area contributed by atoms with Crippen LogP contribution in [-0.2, 0) is 0 Å². The molecule has 1 aliphatic rings. The van der Waals surface area contributed by atoms with Crippen LogP contribution in [0.2, 0.25) is 0 Å². The first-order valence-electron chi connectivity index (χ1n) is 9.82. The Bertz CT molecular complexity index is 709. The third kappa shape index (κ3) is 5.32. The molecule has 0 atom stereocenters. The second-order valence-electron chi connectivity index (χ2n) is 7.29. The largest absolute Gasteiger partial charge is 0.497 e. The summed E-state index contributed by atoms with van der Waals surface area (Å²) in [5.74, 6) is 2.58. The predicted molar refractivity (Wildman–Crippen MR) is 112 cm³/mol. The number of hydrogen-bond acceptors (Lipinski definition) is 6. The molecule has 27 heavy (non-hydrogen) atoms. The van der Waals surface area contributed by atoms with E-state index in [4.69, 9.17) is 14.7 Å². The fourth-order valence-electron chi connectivity index (χ4n) is 3.31. The minimum Gasteiger partial charge on any atom is -0.497 e. The van der Waals surface area contributed by atoms with Crippen LogP contribution < -0.4 is 15.0 Å². The van der Waals surface area contributed by atoms with E-state index in [1.54, 1.807) is 7.11 Å². The molecule has 1 fully saturated rings. The molecule has 1 N–H and O–H groups in total.